The van der Waals surface area contributed by atoms with Crippen LogP contribution < -0.4 is 5.14 Å². The zero-order valence-electron chi connectivity index (χ0n) is 8.92. The first-order valence-corrected chi connectivity index (χ1v) is 7.62. The van der Waals surface area contributed by atoms with Gasteiger partial charge in [-0.3, -0.25) is 4.79 Å². The van der Waals surface area contributed by atoms with E-state index < -0.39 is 21.9 Å². The summed E-state index contributed by atoms with van der Waals surface area (Å²) in [7, 11) is -3.61. The SMILES string of the molecule is NS(=O)(=O)Cc1nc2c(s1)CCCC2C(=O)O. The lowest BCUT2D eigenvalue weighted by Gasteiger charge is -2.16. The van der Waals surface area contributed by atoms with Gasteiger partial charge in [-0.15, -0.1) is 11.3 Å². The summed E-state index contributed by atoms with van der Waals surface area (Å²) in [5, 5.41) is 14.4. The summed E-state index contributed by atoms with van der Waals surface area (Å²) in [6.45, 7) is 0. The second-order valence-electron chi connectivity index (χ2n) is 4.01. The summed E-state index contributed by atoms with van der Waals surface area (Å²) in [5.74, 6) is -1.83. The Balaban J connectivity index is 2.34. The molecule has 0 bridgehead atoms. The molecular formula is C9H12N2O4S2. The highest BCUT2D eigenvalue weighted by atomic mass is 32.2. The zero-order chi connectivity index (χ0) is 12.6. The Morgan fingerprint density at radius 3 is 2.88 bits per heavy atom. The fourth-order valence-electron chi connectivity index (χ4n) is 1.94. The van der Waals surface area contributed by atoms with Crippen molar-refractivity contribution in [1.82, 2.24) is 4.98 Å². The second kappa shape index (κ2) is 4.35. The van der Waals surface area contributed by atoms with Gasteiger partial charge in [0.25, 0.3) is 0 Å². The molecule has 1 atom stereocenters. The van der Waals surface area contributed by atoms with Crippen molar-refractivity contribution in [1.29, 1.82) is 0 Å². The maximum absolute atomic E-state index is 11.0. The first kappa shape index (κ1) is 12.5. The van der Waals surface area contributed by atoms with E-state index in [9.17, 15) is 13.2 Å². The molecule has 0 aliphatic heterocycles. The van der Waals surface area contributed by atoms with Crippen LogP contribution in [0.25, 0.3) is 0 Å². The monoisotopic (exact) mass is 276 g/mol. The van der Waals surface area contributed by atoms with E-state index in [1.54, 1.807) is 0 Å². The fourth-order valence-corrected chi connectivity index (χ4v) is 4.05. The van der Waals surface area contributed by atoms with Crippen LogP contribution in [-0.2, 0) is 27.0 Å². The van der Waals surface area contributed by atoms with Crippen molar-refractivity contribution < 1.29 is 18.3 Å². The van der Waals surface area contributed by atoms with Crippen LogP contribution in [0.3, 0.4) is 0 Å². The van der Waals surface area contributed by atoms with Gasteiger partial charge in [0, 0.05) is 4.88 Å². The molecule has 1 unspecified atom stereocenters. The minimum absolute atomic E-state index is 0.322. The predicted octanol–water partition coefficient (Wildman–Crippen LogP) is 0.436. The maximum atomic E-state index is 11.0. The van der Waals surface area contributed by atoms with Gasteiger partial charge in [-0.05, 0) is 19.3 Å². The average Bonchev–Trinajstić information content (AvgIpc) is 2.55. The van der Waals surface area contributed by atoms with Crippen molar-refractivity contribution in [2.24, 2.45) is 5.14 Å². The molecule has 1 aromatic rings. The van der Waals surface area contributed by atoms with Crippen LogP contribution in [0.2, 0.25) is 0 Å². The molecule has 17 heavy (non-hydrogen) atoms. The van der Waals surface area contributed by atoms with E-state index in [1.165, 1.54) is 11.3 Å². The molecule has 1 aliphatic rings. The molecule has 8 heteroatoms. The van der Waals surface area contributed by atoms with Gasteiger partial charge in [0.15, 0.2) is 0 Å². The number of primary sulfonamides is 1. The number of aromatic nitrogens is 1. The molecule has 0 spiro atoms. The van der Waals surface area contributed by atoms with E-state index >= 15 is 0 Å². The lowest BCUT2D eigenvalue weighted by Crippen LogP contribution is -2.18. The Morgan fingerprint density at radius 1 is 1.59 bits per heavy atom. The molecule has 1 aliphatic carbocycles. The molecule has 1 heterocycles. The molecule has 3 N–H and O–H groups in total. The number of thiazole rings is 1. The Labute approximate surface area is 103 Å². The number of carbonyl (C=O) groups is 1. The number of aliphatic carboxylic acids is 1. The summed E-state index contributed by atoms with van der Waals surface area (Å²) in [4.78, 5) is 16.0. The third-order valence-corrected chi connectivity index (χ3v) is 4.61. The lowest BCUT2D eigenvalue weighted by molar-refractivity contribution is -0.139. The maximum Gasteiger partial charge on any atom is 0.312 e. The van der Waals surface area contributed by atoms with Crippen LogP contribution in [0.1, 0.15) is 34.3 Å². The largest absolute Gasteiger partial charge is 0.481 e. The fraction of sp³-hybridized carbons (Fsp3) is 0.556. The van der Waals surface area contributed by atoms with Gasteiger partial charge in [-0.1, -0.05) is 0 Å². The Kier molecular flexibility index (Phi) is 3.19. The summed E-state index contributed by atoms with van der Waals surface area (Å²) in [6.07, 6.45) is 2.11. The van der Waals surface area contributed by atoms with Crippen molar-refractivity contribution in [3.8, 4) is 0 Å². The van der Waals surface area contributed by atoms with E-state index in [0.29, 0.717) is 17.1 Å². The van der Waals surface area contributed by atoms with Crippen LogP contribution in [0.15, 0.2) is 0 Å². The van der Waals surface area contributed by atoms with Gasteiger partial charge in [-0.2, -0.15) is 0 Å². The Hall–Kier alpha value is -0.990. The summed E-state index contributed by atoms with van der Waals surface area (Å²) in [6, 6.07) is 0. The Bertz CT molecular complexity index is 549. The van der Waals surface area contributed by atoms with E-state index in [2.05, 4.69) is 4.98 Å². The number of hydrogen-bond acceptors (Lipinski definition) is 5. The molecule has 0 saturated heterocycles. The van der Waals surface area contributed by atoms with Crippen molar-refractivity contribution in [2.75, 3.05) is 0 Å². The molecule has 0 radical (unpaired) electrons. The Morgan fingerprint density at radius 2 is 2.29 bits per heavy atom. The van der Waals surface area contributed by atoms with Crippen LogP contribution in [0, 0.1) is 0 Å². The summed E-state index contributed by atoms with van der Waals surface area (Å²) >= 11 is 1.25. The minimum atomic E-state index is -3.61. The standard InChI is InChI=1S/C9H12N2O4S2/c10-17(14,15)4-7-11-8-5(9(12)13)2-1-3-6(8)16-7/h5H,1-4H2,(H,12,13)(H2,10,14,15). The van der Waals surface area contributed by atoms with E-state index in [-0.39, 0.29) is 5.75 Å². The number of hydrogen-bond donors (Lipinski definition) is 2. The number of fused-ring (bicyclic) bond motifs is 1. The first-order valence-electron chi connectivity index (χ1n) is 5.08. The van der Waals surface area contributed by atoms with Crippen molar-refractivity contribution in [3.05, 3.63) is 15.6 Å². The van der Waals surface area contributed by atoms with Gasteiger partial charge in [-0.25, -0.2) is 18.5 Å². The van der Waals surface area contributed by atoms with Gasteiger partial charge in [0.05, 0.1) is 11.6 Å². The second-order valence-corrected chi connectivity index (χ2v) is 6.79. The van der Waals surface area contributed by atoms with E-state index in [4.69, 9.17) is 10.2 Å². The van der Waals surface area contributed by atoms with Gasteiger partial charge in [0.1, 0.15) is 10.8 Å². The quantitative estimate of drug-likeness (QED) is 0.832. The molecule has 0 saturated carbocycles. The van der Waals surface area contributed by atoms with Gasteiger partial charge in [0.2, 0.25) is 10.0 Å². The number of carboxylic acid groups (broad SMARTS) is 1. The zero-order valence-corrected chi connectivity index (χ0v) is 10.6. The normalized spacial score (nSPS) is 19.9. The molecule has 6 nitrogen and oxygen atoms in total. The third kappa shape index (κ3) is 2.82. The van der Waals surface area contributed by atoms with Crippen LogP contribution in [-0.4, -0.2) is 24.5 Å². The number of aryl methyl sites for hydroxylation is 1. The molecule has 0 fully saturated rings. The van der Waals surface area contributed by atoms with Crippen LogP contribution in [0.5, 0.6) is 0 Å². The van der Waals surface area contributed by atoms with Crippen molar-refractivity contribution in [2.45, 2.75) is 30.9 Å². The minimum Gasteiger partial charge on any atom is -0.481 e. The van der Waals surface area contributed by atoms with Gasteiger partial charge >= 0.3 is 5.97 Å². The molecule has 0 amide bonds. The molecule has 94 valence electrons. The number of nitrogens with two attached hydrogens (primary N) is 1. The highest BCUT2D eigenvalue weighted by Gasteiger charge is 2.30. The summed E-state index contributed by atoms with van der Waals surface area (Å²) in [5.41, 5.74) is 0.521. The number of carboxylic acids is 1. The van der Waals surface area contributed by atoms with Crippen LogP contribution in [0.4, 0.5) is 0 Å². The third-order valence-electron chi connectivity index (χ3n) is 2.62. The number of sulfonamides is 1. The van der Waals surface area contributed by atoms with E-state index in [1.807, 2.05) is 0 Å². The highest BCUT2D eigenvalue weighted by molar-refractivity contribution is 7.88. The number of nitrogens with zero attached hydrogens (tertiary/aromatic N) is 1. The predicted molar refractivity (Wildman–Crippen MR) is 62.2 cm³/mol. The van der Waals surface area contributed by atoms with Crippen molar-refractivity contribution in [3.63, 3.8) is 0 Å². The summed E-state index contributed by atoms with van der Waals surface area (Å²) < 4.78 is 21.9. The number of rotatable bonds is 3. The lowest BCUT2D eigenvalue weighted by atomic mass is 9.91. The van der Waals surface area contributed by atoms with Gasteiger partial charge < -0.3 is 5.11 Å². The van der Waals surface area contributed by atoms with Crippen LogP contribution >= 0.6 is 11.3 Å². The molecular weight excluding hydrogens is 264 g/mol. The van der Waals surface area contributed by atoms with E-state index in [0.717, 1.165) is 17.7 Å². The first-order chi connectivity index (χ1) is 7.87. The molecule has 1 aromatic heterocycles. The topological polar surface area (TPSA) is 110 Å². The molecule has 2 rings (SSSR count). The smallest absolute Gasteiger partial charge is 0.312 e. The molecule has 0 aromatic carbocycles. The van der Waals surface area contributed by atoms with Crippen molar-refractivity contribution >= 4 is 27.3 Å². The average molecular weight is 276 g/mol. The highest BCUT2D eigenvalue weighted by Crippen LogP contribution is 2.35.